The molecule has 128 valence electrons. The van der Waals surface area contributed by atoms with Gasteiger partial charge < -0.3 is 14.7 Å². The highest BCUT2D eigenvalue weighted by molar-refractivity contribution is 5.34. The maximum atomic E-state index is 13.3. The molecule has 23 heavy (non-hydrogen) atoms. The third-order valence-corrected chi connectivity index (χ3v) is 5.36. The van der Waals surface area contributed by atoms with Gasteiger partial charge >= 0.3 is 0 Å². The third kappa shape index (κ3) is 3.84. The van der Waals surface area contributed by atoms with E-state index in [1.807, 2.05) is 6.07 Å². The Hall–Kier alpha value is -1.17. The van der Waals surface area contributed by atoms with Crippen LogP contribution in [-0.2, 0) is 6.54 Å². The zero-order valence-electron chi connectivity index (χ0n) is 14.1. The number of aliphatic hydroxyl groups excluding tert-OH is 1. The lowest BCUT2D eigenvalue weighted by molar-refractivity contribution is -0.0331. The molecular weight excluding hydrogens is 295 g/mol. The normalized spacial score (nSPS) is 25.7. The number of aliphatic hydroxyl groups is 1. The highest BCUT2D eigenvalue weighted by Gasteiger charge is 2.40. The smallest absolute Gasteiger partial charge is 0.126 e. The minimum atomic E-state index is -0.262. The van der Waals surface area contributed by atoms with Crippen LogP contribution >= 0.6 is 0 Å². The van der Waals surface area contributed by atoms with E-state index in [4.69, 9.17) is 4.74 Å². The Balaban J connectivity index is 1.61. The maximum Gasteiger partial charge on any atom is 0.126 e. The molecule has 3 rings (SSSR count). The number of hydrogen-bond donors (Lipinski definition) is 1. The average Bonchev–Trinajstić information content (AvgIpc) is 2.50. The summed E-state index contributed by atoms with van der Waals surface area (Å²) in [6, 6.07) is 4.76. The van der Waals surface area contributed by atoms with Gasteiger partial charge in [0.15, 0.2) is 0 Å². The first-order valence-corrected chi connectivity index (χ1v) is 8.41. The Bertz CT molecular complexity index is 532. The number of β-amino-alcohol motifs (C(OH)–C–C–N with tert-alkyl or cyclic N) is 1. The van der Waals surface area contributed by atoms with Gasteiger partial charge in [-0.05, 0) is 50.9 Å². The molecule has 2 aliphatic heterocycles. The largest absolute Gasteiger partial charge is 0.496 e. The van der Waals surface area contributed by atoms with E-state index in [0.29, 0.717) is 5.75 Å². The van der Waals surface area contributed by atoms with Crippen molar-refractivity contribution in [2.45, 2.75) is 31.9 Å². The number of nitrogens with zero attached hydrogens (tertiary/aromatic N) is 2. The lowest BCUT2D eigenvalue weighted by Crippen LogP contribution is -2.52. The highest BCUT2D eigenvalue weighted by Crippen LogP contribution is 2.40. The second-order valence-corrected chi connectivity index (χ2v) is 7.29. The molecule has 1 atom stereocenters. The third-order valence-electron chi connectivity index (χ3n) is 5.36. The summed E-state index contributed by atoms with van der Waals surface area (Å²) in [6.07, 6.45) is 2.94. The summed E-state index contributed by atoms with van der Waals surface area (Å²) in [7, 11) is 3.68. The first-order valence-electron chi connectivity index (χ1n) is 8.41. The Morgan fingerprint density at radius 1 is 1.35 bits per heavy atom. The van der Waals surface area contributed by atoms with Crippen LogP contribution in [0, 0.1) is 11.2 Å². The van der Waals surface area contributed by atoms with Gasteiger partial charge in [-0.3, -0.25) is 4.90 Å². The van der Waals surface area contributed by atoms with Crippen LogP contribution in [0.25, 0.3) is 0 Å². The molecular formula is C18H27FN2O2. The molecule has 0 radical (unpaired) electrons. The maximum absolute atomic E-state index is 13.3. The molecule has 1 aromatic carbocycles. The van der Waals surface area contributed by atoms with E-state index in [0.717, 1.165) is 57.5 Å². The first-order chi connectivity index (χ1) is 11.0. The van der Waals surface area contributed by atoms with Gasteiger partial charge in [0, 0.05) is 31.3 Å². The summed E-state index contributed by atoms with van der Waals surface area (Å²) in [6.45, 7) is 4.69. The quantitative estimate of drug-likeness (QED) is 0.925. The van der Waals surface area contributed by atoms with E-state index in [2.05, 4.69) is 16.8 Å². The number of benzene rings is 1. The summed E-state index contributed by atoms with van der Waals surface area (Å²) in [4.78, 5) is 4.66. The summed E-state index contributed by atoms with van der Waals surface area (Å²) < 4.78 is 18.6. The predicted octanol–water partition coefficient (Wildman–Crippen LogP) is 2.11. The summed E-state index contributed by atoms with van der Waals surface area (Å²) in [5.41, 5.74) is 1.29. The number of methoxy groups -OCH3 is 1. The van der Waals surface area contributed by atoms with E-state index in [9.17, 15) is 9.50 Å². The van der Waals surface area contributed by atoms with Gasteiger partial charge in [-0.15, -0.1) is 0 Å². The summed E-state index contributed by atoms with van der Waals surface area (Å²) in [5.74, 6) is 0.362. The van der Waals surface area contributed by atoms with Crippen LogP contribution in [0.3, 0.4) is 0 Å². The topological polar surface area (TPSA) is 35.9 Å². The molecule has 1 spiro atoms. The summed E-state index contributed by atoms with van der Waals surface area (Å²) in [5, 5.41) is 10.1. The van der Waals surface area contributed by atoms with Gasteiger partial charge in [-0.2, -0.15) is 0 Å². The molecule has 1 unspecified atom stereocenters. The zero-order valence-corrected chi connectivity index (χ0v) is 14.1. The van der Waals surface area contributed by atoms with Crippen LogP contribution < -0.4 is 4.74 Å². The van der Waals surface area contributed by atoms with Crippen molar-refractivity contribution in [2.24, 2.45) is 5.41 Å². The van der Waals surface area contributed by atoms with Crippen molar-refractivity contribution in [1.29, 1.82) is 0 Å². The fraction of sp³-hybridized carbons (Fsp3) is 0.667. The van der Waals surface area contributed by atoms with Crippen molar-refractivity contribution in [3.05, 3.63) is 29.6 Å². The van der Waals surface area contributed by atoms with Gasteiger partial charge in [0.25, 0.3) is 0 Å². The fourth-order valence-electron chi connectivity index (χ4n) is 4.26. The van der Waals surface area contributed by atoms with Crippen molar-refractivity contribution in [1.82, 2.24) is 9.80 Å². The monoisotopic (exact) mass is 322 g/mol. The van der Waals surface area contributed by atoms with E-state index >= 15 is 0 Å². The van der Waals surface area contributed by atoms with Crippen LogP contribution in [0.5, 0.6) is 5.75 Å². The summed E-state index contributed by atoms with van der Waals surface area (Å²) >= 11 is 0. The van der Waals surface area contributed by atoms with Crippen LogP contribution in [0.1, 0.15) is 24.8 Å². The van der Waals surface area contributed by atoms with Crippen molar-refractivity contribution in [2.75, 3.05) is 40.3 Å². The molecule has 2 fully saturated rings. The number of hydrogen-bond acceptors (Lipinski definition) is 4. The Morgan fingerprint density at radius 3 is 2.74 bits per heavy atom. The Labute approximate surface area is 137 Å². The minimum Gasteiger partial charge on any atom is -0.496 e. The second-order valence-electron chi connectivity index (χ2n) is 7.29. The van der Waals surface area contributed by atoms with Gasteiger partial charge in [0.1, 0.15) is 11.6 Å². The van der Waals surface area contributed by atoms with Crippen LogP contribution in [-0.4, -0.2) is 61.3 Å². The van der Waals surface area contributed by atoms with E-state index in [-0.39, 0.29) is 17.3 Å². The molecule has 4 nitrogen and oxygen atoms in total. The number of likely N-dealkylation sites (N-methyl/N-ethyl adjacent to an activating group) is 1. The molecule has 2 aliphatic rings. The number of piperidine rings is 2. The molecule has 0 aliphatic carbocycles. The molecule has 1 N–H and O–H groups in total. The molecule has 0 aromatic heterocycles. The van der Waals surface area contributed by atoms with Crippen LogP contribution in [0.2, 0.25) is 0 Å². The van der Waals surface area contributed by atoms with Gasteiger partial charge in [-0.25, -0.2) is 4.39 Å². The molecule has 0 bridgehead atoms. The van der Waals surface area contributed by atoms with Crippen LogP contribution in [0.4, 0.5) is 4.39 Å². The van der Waals surface area contributed by atoms with Gasteiger partial charge in [0.05, 0.1) is 13.2 Å². The average molecular weight is 322 g/mol. The number of ether oxygens (including phenoxy) is 1. The minimum absolute atomic E-state index is 0.197. The zero-order chi connectivity index (χ0) is 16.4. The van der Waals surface area contributed by atoms with E-state index < -0.39 is 0 Å². The number of likely N-dealkylation sites (tertiary alicyclic amines) is 2. The number of halogens is 1. The standard InChI is InChI=1S/C18H27FN2O2/c1-20-12-16(22)10-18(13-20)5-7-21(8-6-18)11-14-3-4-15(19)9-17(14)23-2/h3-4,9,16,22H,5-8,10-13H2,1-2H3. The van der Waals surface area contributed by atoms with Crippen LogP contribution in [0.15, 0.2) is 18.2 Å². The lowest BCUT2D eigenvalue weighted by Gasteiger charge is -2.48. The first kappa shape index (κ1) is 16.7. The van der Waals surface area contributed by atoms with Crippen molar-refractivity contribution >= 4 is 0 Å². The van der Waals surface area contributed by atoms with E-state index in [1.165, 1.54) is 12.1 Å². The number of rotatable bonds is 3. The molecule has 2 heterocycles. The molecule has 0 saturated carbocycles. The van der Waals surface area contributed by atoms with E-state index in [1.54, 1.807) is 7.11 Å². The molecule has 5 heteroatoms. The molecule has 1 aromatic rings. The SMILES string of the molecule is COc1cc(F)ccc1CN1CCC2(CC1)CC(O)CN(C)C2. The van der Waals surface area contributed by atoms with Crippen molar-refractivity contribution in [3.8, 4) is 5.75 Å². The Morgan fingerprint density at radius 2 is 2.09 bits per heavy atom. The second kappa shape index (κ2) is 6.75. The van der Waals surface area contributed by atoms with Crippen molar-refractivity contribution < 1.29 is 14.2 Å². The Kier molecular flexibility index (Phi) is 4.90. The highest BCUT2D eigenvalue weighted by atomic mass is 19.1. The molecule has 2 saturated heterocycles. The molecule has 0 amide bonds. The lowest BCUT2D eigenvalue weighted by atomic mass is 9.71. The van der Waals surface area contributed by atoms with Crippen molar-refractivity contribution in [3.63, 3.8) is 0 Å². The van der Waals surface area contributed by atoms with Gasteiger partial charge in [0.2, 0.25) is 0 Å². The predicted molar refractivity (Wildman–Crippen MR) is 88.0 cm³/mol. The fourth-order valence-corrected chi connectivity index (χ4v) is 4.26. The van der Waals surface area contributed by atoms with Gasteiger partial charge in [-0.1, -0.05) is 6.07 Å².